The highest BCUT2D eigenvalue weighted by Gasteiger charge is 2.18. The van der Waals surface area contributed by atoms with Gasteiger partial charge >= 0.3 is 0 Å². The molecular weight excluding hydrogens is 288 g/mol. The van der Waals surface area contributed by atoms with Gasteiger partial charge in [-0.1, -0.05) is 30.3 Å². The Labute approximate surface area is 123 Å². The standard InChI is InChI=1S/C15H16N2O3S/c1-12(18)21(19,20)11-13-7-9-15(10-8-13)17-16-14-5-3-2-4-6-14/h2-10,12,18H,11H2,1H3/b17-16+. The summed E-state index contributed by atoms with van der Waals surface area (Å²) in [5, 5.41) is 17.3. The molecule has 5 nitrogen and oxygen atoms in total. The van der Waals surface area contributed by atoms with Crippen LogP contribution >= 0.6 is 0 Å². The quantitative estimate of drug-likeness (QED) is 0.860. The molecule has 0 amide bonds. The Morgan fingerprint density at radius 1 is 0.952 bits per heavy atom. The van der Waals surface area contributed by atoms with Gasteiger partial charge in [-0.15, -0.1) is 0 Å². The number of aliphatic hydroxyl groups excluding tert-OH is 1. The first-order chi connectivity index (χ1) is 9.97. The van der Waals surface area contributed by atoms with Gasteiger partial charge in [0.15, 0.2) is 15.3 Å². The van der Waals surface area contributed by atoms with Gasteiger partial charge in [0.1, 0.15) is 0 Å². The molecule has 1 N–H and O–H groups in total. The van der Waals surface area contributed by atoms with Crippen LogP contribution in [-0.2, 0) is 15.6 Å². The van der Waals surface area contributed by atoms with Crippen molar-refractivity contribution in [2.75, 3.05) is 0 Å². The first kappa shape index (κ1) is 15.3. The van der Waals surface area contributed by atoms with Crippen LogP contribution in [0.5, 0.6) is 0 Å². The Balaban J connectivity index is 2.08. The van der Waals surface area contributed by atoms with E-state index in [1.807, 2.05) is 30.3 Å². The van der Waals surface area contributed by atoms with E-state index in [4.69, 9.17) is 0 Å². The lowest BCUT2D eigenvalue weighted by Crippen LogP contribution is -2.18. The molecule has 0 aliphatic carbocycles. The van der Waals surface area contributed by atoms with E-state index in [9.17, 15) is 13.5 Å². The molecule has 0 bridgehead atoms. The van der Waals surface area contributed by atoms with Crippen LogP contribution in [0.1, 0.15) is 12.5 Å². The molecule has 21 heavy (non-hydrogen) atoms. The van der Waals surface area contributed by atoms with E-state index in [0.29, 0.717) is 11.3 Å². The lowest BCUT2D eigenvalue weighted by atomic mass is 10.2. The predicted molar refractivity (Wildman–Crippen MR) is 81.4 cm³/mol. The third-order valence-electron chi connectivity index (χ3n) is 2.86. The van der Waals surface area contributed by atoms with Crippen molar-refractivity contribution >= 4 is 21.2 Å². The average Bonchev–Trinajstić information content (AvgIpc) is 2.47. The highest BCUT2D eigenvalue weighted by molar-refractivity contribution is 7.91. The predicted octanol–water partition coefficient (Wildman–Crippen LogP) is 3.36. The number of benzene rings is 2. The Morgan fingerprint density at radius 3 is 2.00 bits per heavy atom. The summed E-state index contributed by atoms with van der Waals surface area (Å²) < 4.78 is 23.2. The largest absolute Gasteiger partial charge is 0.377 e. The van der Waals surface area contributed by atoms with E-state index >= 15 is 0 Å². The monoisotopic (exact) mass is 304 g/mol. The SMILES string of the molecule is CC(O)S(=O)(=O)Cc1ccc(/N=N/c2ccccc2)cc1. The van der Waals surface area contributed by atoms with E-state index in [0.717, 1.165) is 5.69 Å². The van der Waals surface area contributed by atoms with Crippen molar-refractivity contribution < 1.29 is 13.5 Å². The molecule has 0 heterocycles. The smallest absolute Gasteiger partial charge is 0.180 e. The van der Waals surface area contributed by atoms with Gasteiger partial charge in [-0.3, -0.25) is 0 Å². The maximum atomic E-state index is 11.6. The summed E-state index contributed by atoms with van der Waals surface area (Å²) in [6.45, 7) is 1.25. The van der Waals surface area contributed by atoms with Crippen molar-refractivity contribution in [3.8, 4) is 0 Å². The molecule has 2 aromatic carbocycles. The average molecular weight is 304 g/mol. The molecule has 110 valence electrons. The van der Waals surface area contributed by atoms with Crippen molar-refractivity contribution in [2.24, 2.45) is 10.2 Å². The van der Waals surface area contributed by atoms with Crippen molar-refractivity contribution in [1.82, 2.24) is 0 Å². The summed E-state index contributed by atoms with van der Waals surface area (Å²) in [7, 11) is -3.52. The summed E-state index contributed by atoms with van der Waals surface area (Å²) >= 11 is 0. The molecule has 0 saturated carbocycles. The molecular formula is C15H16N2O3S. The molecule has 6 heteroatoms. The molecule has 0 spiro atoms. The number of azo groups is 1. The summed E-state index contributed by atoms with van der Waals surface area (Å²) in [5.74, 6) is -0.194. The first-order valence-electron chi connectivity index (χ1n) is 6.43. The number of rotatable bonds is 5. The van der Waals surface area contributed by atoms with Gasteiger partial charge in [-0.2, -0.15) is 10.2 Å². The van der Waals surface area contributed by atoms with Crippen molar-refractivity contribution in [2.45, 2.75) is 18.1 Å². The zero-order valence-corrected chi connectivity index (χ0v) is 12.4. The van der Waals surface area contributed by atoms with Crippen molar-refractivity contribution in [3.05, 3.63) is 60.2 Å². The Bertz CT molecular complexity index is 708. The van der Waals surface area contributed by atoms with Gasteiger partial charge in [0.05, 0.1) is 17.1 Å². The van der Waals surface area contributed by atoms with Crippen LogP contribution in [0.3, 0.4) is 0 Å². The summed E-state index contributed by atoms with van der Waals surface area (Å²) in [6, 6.07) is 16.0. The molecule has 2 aromatic rings. The van der Waals surface area contributed by atoms with E-state index in [-0.39, 0.29) is 5.75 Å². The van der Waals surface area contributed by atoms with Gasteiger partial charge in [0.25, 0.3) is 0 Å². The second kappa shape index (κ2) is 6.60. The second-order valence-electron chi connectivity index (χ2n) is 4.61. The van der Waals surface area contributed by atoms with Gasteiger partial charge in [-0.25, -0.2) is 8.42 Å². The van der Waals surface area contributed by atoms with Gasteiger partial charge in [-0.05, 0) is 36.8 Å². The lowest BCUT2D eigenvalue weighted by Gasteiger charge is -2.06. The van der Waals surface area contributed by atoms with Crippen LogP contribution < -0.4 is 0 Å². The number of nitrogens with zero attached hydrogens (tertiary/aromatic N) is 2. The molecule has 1 unspecified atom stereocenters. The van der Waals surface area contributed by atoms with Gasteiger partial charge in [0.2, 0.25) is 0 Å². The van der Waals surface area contributed by atoms with Crippen LogP contribution in [0.2, 0.25) is 0 Å². The fourth-order valence-corrected chi connectivity index (χ4v) is 2.52. The summed E-state index contributed by atoms with van der Waals surface area (Å²) in [5.41, 5.74) is 0.625. The van der Waals surface area contributed by atoms with Gasteiger partial charge < -0.3 is 5.11 Å². The molecule has 0 radical (unpaired) electrons. The van der Waals surface area contributed by atoms with E-state index in [1.165, 1.54) is 6.92 Å². The minimum Gasteiger partial charge on any atom is -0.377 e. The van der Waals surface area contributed by atoms with Crippen LogP contribution in [0.25, 0.3) is 0 Å². The summed E-state index contributed by atoms with van der Waals surface area (Å²) in [6.07, 6.45) is 0. The molecule has 1 atom stereocenters. The first-order valence-corrected chi connectivity index (χ1v) is 8.14. The number of hydrogen-bond donors (Lipinski definition) is 1. The van der Waals surface area contributed by atoms with Crippen LogP contribution in [0.15, 0.2) is 64.8 Å². The van der Waals surface area contributed by atoms with E-state index < -0.39 is 15.3 Å². The normalized spacial score (nSPS) is 13.4. The van der Waals surface area contributed by atoms with Crippen molar-refractivity contribution in [1.29, 1.82) is 0 Å². The minimum absolute atomic E-state index is 0.194. The maximum absolute atomic E-state index is 11.6. The Hall–Kier alpha value is -2.05. The zero-order valence-electron chi connectivity index (χ0n) is 11.5. The van der Waals surface area contributed by atoms with Crippen LogP contribution in [0, 0.1) is 0 Å². The third kappa shape index (κ3) is 4.47. The highest BCUT2D eigenvalue weighted by Crippen LogP contribution is 2.19. The molecule has 0 fully saturated rings. The fraction of sp³-hybridized carbons (Fsp3) is 0.200. The van der Waals surface area contributed by atoms with Crippen LogP contribution in [0.4, 0.5) is 11.4 Å². The Morgan fingerprint density at radius 2 is 1.48 bits per heavy atom. The topological polar surface area (TPSA) is 79.1 Å². The minimum atomic E-state index is -3.52. The third-order valence-corrected chi connectivity index (χ3v) is 4.64. The molecule has 0 saturated heterocycles. The number of sulfone groups is 1. The Kier molecular flexibility index (Phi) is 4.82. The molecule has 0 aromatic heterocycles. The lowest BCUT2D eigenvalue weighted by molar-refractivity contribution is 0.268. The summed E-state index contributed by atoms with van der Waals surface area (Å²) in [4.78, 5) is 0. The second-order valence-corrected chi connectivity index (χ2v) is 6.91. The van der Waals surface area contributed by atoms with E-state index in [1.54, 1.807) is 24.3 Å². The number of aliphatic hydroxyl groups is 1. The molecule has 0 aliphatic rings. The molecule has 0 aliphatic heterocycles. The van der Waals surface area contributed by atoms with Gasteiger partial charge in [0, 0.05) is 0 Å². The fourth-order valence-electron chi connectivity index (χ4n) is 1.62. The maximum Gasteiger partial charge on any atom is 0.180 e. The van der Waals surface area contributed by atoms with E-state index in [2.05, 4.69) is 10.2 Å². The zero-order chi connectivity index (χ0) is 15.3. The van der Waals surface area contributed by atoms with Crippen molar-refractivity contribution in [3.63, 3.8) is 0 Å². The highest BCUT2D eigenvalue weighted by atomic mass is 32.2. The van der Waals surface area contributed by atoms with Crippen LogP contribution in [-0.4, -0.2) is 19.0 Å². The number of hydrogen-bond acceptors (Lipinski definition) is 5. The molecule has 2 rings (SSSR count).